The van der Waals surface area contributed by atoms with Crippen LogP contribution in [-0.4, -0.2) is 148 Å². The van der Waals surface area contributed by atoms with Crippen molar-refractivity contribution in [1.82, 2.24) is 0 Å². The molecule has 12 nitrogen and oxygen atoms in total. The van der Waals surface area contributed by atoms with E-state index >= 15 is 0 Å². The molecule has 1 aliphatic rings. The molecule has 16 heteroatoms. The second-order valence-corrected chi connectivity index (χ2v) is 6.47. The number of phosphoric acid groups is 2. The fourth-order valence-corrected chi connectivity index (χ4v) is 2.17. The summed E-state index contributed by atoms with van der Waals surface area (Å²) in [5.74, 6) is -2.66. The maximum absolute atomic E-state index is 10.5. The van der Waals surface area contributed by atoms with Crippen LogP contribution in [0.15, 0.2) is 0 Å². The van der Waals surface area contributed by atoms with Gasteiger partial charge in [0, 0.05) is 0 Å². The third kappa shape index (κ3) is 8.79. The molecule has 0 aromatic rings. The molecule has 0 amide bonds. The number of rotatable bonds is 6. The first-order valence-electron chi connectivity index (χ1n) is 5.00. The molecule has 0 saturated carbocycles. The molecule has 4 atom stereocenters. The van der Waals surface area contributed by atoms with E-state index in [0.717, 1.165) is 0 Å². The van der Waals surface area contributed by atoms with Gasteiger partial charge in [-0.3, -0.25) is 9.05 Å². The summed E-state index contributed by atoms with van der Waals surface area (Å²) < 4.78 is 33.6. The van der Waals surface area contributed by atoms with Crippen molar-refractivity contribution in [2.45, 2.75) is 24.1 Å². The molecule has 0 aromatic heterocycles. The quantitative estimate of drug-likeness (QED) is 0.159. The molecule has 0 unspecified atom stereocenters. The normalized spacial score (nSPS) is 32.2. The Kier molecular flexibility index (Phi) is 12.2. The van der Waals surface area contributed by atoms with Crippen LogP contribution in [0.25, 0.3) is 0 Å². The summed E-state index contributed by atoms with van der Waals surface area (Å²) in [6.45, 7) is -2.05. The van der Waals surface area contributed by atoms with Gasteiger partial charge in [-0.2, -0.15) is 0 Å². The molecule has 128 valence electrons. The molecule has 1 rings (SSSR count). The van der Waals surface area contributed by atoms with E-state index in [-0.39, 0.29) is 75.5 Å². The number of phosphoric ester groups is 2. The second kappa shape index (κ2) is 10.1. The van der Waals surface area contributed by atoms with Crippen molar-refractivity contribution in [3.05, 3.63) is 0 Å². The van der Waals surface area contributed by atoms with Gasteiger partial charge < -0.3 is 39.6 Å². The van der Waals surface area contributed by atoms with E-state index in [1.54, 1.807) is 0 Å². The molecule has 0 aromatic carbocycles. The average molecular weight is 424 g/mol. The molecule has 1 aliphatic heterocycles. The van der Waals surface area contributed by atoms with Crippen molar-refractivity contribution >= 4 is 91.1 Å². The number of aliphatic hydroxyl groups is 3. The van der Waals surface area contributed by atoms with Crippen molar-refractivity contribution in [3.63, 3.8) is 0 Å². The molecule has 1 heterocycles. The molecular formula is C6H18Ca2O12P2. The Hall–Kier alpha value is 2.58. The molecule has 1 saturated heterocycles. The monoisotopic (exact) mass is 424 g/mol. The first-order valence-corrected chi connectivity index (χ1v) is 8.07. The van der Waals surface area contributed by atoms with Gasteiger partial charge in [0.2, 0.25) is 5.79 Å². The zero-order valence-electron chi connectivity index (χ0n) is 9.71. The third-order valence-electron chi connectivity index (χ3n) is 2.37. The van der Waals surface area contributed by atoms with Crippen LogP contribution < -0.4 is 0 Å². The summed E-state index contributed by atoms with van der Waals surface area (Å²) in [6.07, 6.45) is -5.38. The minimum absolute atomic E-state index is 0. The van der Waals surface area contributed by atoms with Gasteiger partial charge in [0.05, 0.1) is 6.61 Å². The summed E-state index contributed by atoms with van der Waals surface area (Å²) in [5, 5.41) is 28.8. The predicted molar refractivity (Wildman–Crippen MR) is 74.9 cm³/mol. The summed E-state index contributed by atoms with van der Waals surface area (Å²) in [6, 6.07) is 0. The second-order valence-electron chi connectivity index (χ2n) is 3.99. The van der Waals surface area contributed by atoms with Crippen molar-refractivity contribution < 1.29 is 57.8 Å². The number of hydrogen-bond donors (Lipinski definition) is 7. The molecule has 0 spiro atoms. The van der Waals surface area contributed by atoms with Crippen LogP contribution in [0.4, 0.5) is 0 Å². The summed E-state index contributed by atoms with van der Waals surface area (Å²) >= 11 is 0. The average Bonchev–Trinajstić information content (AvgIpc) is 2.48. The standard InChI is InChI=1S/C6H14O12P2.2Ca.4H/c7-4-3(1-16-19(10,11)12)18-6(9,5(4)8)2-17-20(13,14)15;;;;;;/h3-5,7-9H,1-2H2,(H2,10,11,12)(H2,13,14,15);;;;;;/t3-,4-,5+,6-;;;;;;/m1....../s1. The van der Waals surface area contributed by atoms with E-state index in [0.29, 0.717) is 0 Å². The van der Waals surface area contributed by atoms with E-state index in [1.807, 2.05) is 0 Å². The van der Waals surface area contributed by atoms with E-state index in [9.17, 15) is 24.4 Å². The number of ether oxygens (including phenoxy) is 1. The Morgan fingerprint density at radius 3 is 1.86 bits per heavy atom. The molecule has 0 radical (unpaired) electrons. The summed E-state index contributed by atoms with van der Waals surface area (Å²) in [7, 11) is -9.82. The van der Waals surface area contributed by atoms with Crippen molar-refractivity contribution in [1.29, 1.82) is 0 Å². The Morgan fingerprint density at radius 1 is 1.00 bits per heavy atom. The molecular weight excluding hydrogens is 406 g/mol. The van der Waals surface area contributed by atoms with Gasteiger partial charge in [-0.1, -0.05) is 0 Å². The van der Waals surface area contributed by atoms with Gasteiger partial charge in [-0.25, -0.2) is 9.13 Å². The van der Waals surface area contributed by atoms with E-state index in [1.165, 1.54) is 0 Å². The Labute approximate surface area is 184 Å². The zero-order chi connectivity index (χ0) is 15.8. The first-order chi connectivity index (χ1) is 8.84. The molecule has 1 fully saturated rings. The van der Waals surface area contributed by atoms with Crippen molar-refractivity contribution in [3.8, 4) is 0 Å². The Balaban J connectivity index is 0. The third-order valence-corrected chi connectivity index (χ3v) is 3.32. The van der Waals surface area contributed by atoms with Crippen LogP contribution in [0.2, 0.25) is 0 Å². The van der Waals surface area contributed by atoms with E-state index in [2.05, 4.69) is 13.8 Å². The van der Waals surface area contributed by atoms with E-state index < -0.39 is 53.0 Å². The fourth-order valence-electron chi connectivity index (χ4n) is 1.47. The fraction of sp³-hybridized carbons (Fsp3) is 1.00. The van der Waals surface area contributed by atoms with Crippen molar-refractivity contribution in [2.24, 2.45) is 0 Å². The van der Waals surface area contributed by atoms with Gasteiger partial charge in [-0.15, -0.1) is 0 Å². The minimum atomic E-state index is -4.96. The maximum atomic E-state index is 10.5. The predicted octanol–water partition coefficient (Wildman–Crippen LogP) is -4.82. The van der Waals surface area contributed by atoms with Gasteiger partial charge in [0.15, 0.2) is 0 Å². The van der Waals surface area contributed by atoms with Gasteiger partial charge in [0.25, 0.3) is 0 Å². The van der Waals surface area contributed by atoms with Crippen LogP contribution in [0.5, 0.6) is 0 Å². The SMILES string of the molecule is O=P(O)(O)OC[C@H]1O[C@](O)(COP(=O)(O)O)[C@@H](O)[C@@H]1O.[CaH2].[CaH2]. The molecule has 0 bridgehead atoms. The summed E-state index contributed by atoms with van der Waals surface area (Å²) in [4.78, 5) is 33.9. The van der Waals surface area contributed by atoms with Gasteiger partial charge in [0.1, 0.15) is 24.9 Å². The van der Waals surface area contributed by atoms with Crippen LogP contribution in [-0.2, 0) is 22.9 Å². The zero-order valence-corrected chi connectivity index (χ0v) is 11.5. The van der Waals surface area contributed by atoms with Crippen LogP contribution in [0, 0.1) is 0 Å². The molecule has 7 N–H and O–H groups in total. The number of aliphatic hydroxyl groups excluding tert-OH is 2. The van der Waals surface area contributed by atoms with Crippen molar-refractivity contribution in [2.75, 3.05) is 13.2 Å². The number of hydrogen-bond acceptors (Lipinski definition) is 8. The van der Waals surface area contributed by atoms with Gasteiger partial charge >= 0.3 is 91.1 Å². The van der Waals surface area contributed by atoms with Gasteiger partial charge in [-0.05, 0) is 0 Å². The Morgan fingerprint density at radius 2 is 1.45 bits per heavy atom. The van der Waals surface area contributed by atoms with E-state index in [4.69, 9.17) is 19.6 Å². The van der Waals surface area contributed by atoms with Crippen LogP contribution >= 0.6 is 15.6 Å². The summed E-state index contributed by atoms with van der Waals surface area (Å²) in [5.41, 5.74) is 0. The molecule has 22 heavy (non-hydrogen) atoms. The Bertz CT molecular complexity index is 437. The topological polar surface area (TPSA) is 203 Å². The molecule has 0 aliphatic carbocycles. The van der Waals surface area contributed by atoms with Crippen LogP contribution in [0.1, 0.15) is 0 Å². The first kappa shape index (κ1) is 26.8. The van der Waals surface area contributed by atoms with Crippen LogP contribution in [0.3, 0.4) is 0 Å².